The minimum absolute atomic E-state index is 0.0761. The Morgan fingerprint density at radius 2 is 1.81 bits per heavy atom. The van der Waals surface area contributed by atoms with Crippen molar-refractivity contribution in [1.29, 1.82) is 0 Å². The molecular weight excluding hydrogens is 285 g/mol. The van der Waals surface area contributed by atoms with Gasteiger partial charge in [0.1, 0.15) is 5.75 Å². The zero-order valence-corrected chi connectivity index (χ0v) is 10.9. The molecule has 0 aliphatic heterocycles. The molecule has 0 fully saturated rings. The third kappa shape index (κ3) is 3.98. The molecule has 3 nitrogen and oxygen atoms in total. The van der Waals surface area contributed by atoms with Crippen LogP contribution in [0.25, 0.3) is 11.1 Å². The number of carboxylic acids is 1. The molecule has 0 unspecified atom stereocenters. The molecule has 2 aromatic carbocycles. The lowest BCUT2D eigenvalue weighted by molar-refractivity contribution is -0.274. The van der Waals surface area contributed by atoms with Gasteiger partial charge in [-0.15, -0.1) is 13.2 Å². The quantitative estimate of drug-likeness (QED) is 0.920. The van der Waals surface area contributed by atoms with Crippen LogP contribution >= 0.6 is 0 Å². The number of benzene rings is 2. The summed E-state index contributed by atoms with van der Waals surface area (Å²) in [6.45, 7) is 1.71. The summed E-state index contributed by atoms with van der Waals surface area (Å²) in [5, 5.41) is 9.01. The predicted octanol–water partition coefficient (Wildman–Crippen LogP) is 4.26. The standard InChI is InChI=1S/C15H11F3O3/c1-9-5-11(7-12(6-9)14(19)20)10-3-2-4-13(8-10)21-15(16,17)18/h2-8H,1H3,(H,19,20). The molecule has 0 bridgehead atoms. The van der Waals surface area contributed by atoms with E-state index in [-0.39, 0.29) is 11.3 Å². The average Bonchev–Trinajstić information content (AvgIpc) is 2.36. The first-order valence-corrected chi connectivity index (χ1v) is 5.96. The van der Waals surface area contributed by atoms with Crippen molar-refractivity contribution in [1.82, 2.24) is 0 Å². The van der Waals surface area contributed by atoms with E-state index in [1.54, 1.807) is 19.1 Å². The maximum Gasteiger partial charge on any atom is 0.573 e. The molecule has 0 aliphatic rings. The van der Waals surface area contributed by atoms with Gasteiger partial charge in [0.15, 0.2) is 0 Å². The summed E-state index contributed by atoms with van der Waals surface area (Å²) in [5.41, 5.74) is 1.74. The second kappa shape index (κ2) is 5.47. The van der Waals surface area contributed by atoms with Crippen molar-refractivity contribution in [3.8, 4) is 16.9 Å². The van der Waals surface area contributed by atoms with E-state index in [2.05, 4.69) is 4.74 Å². The number of rotatable bonds is 3. The Morgan fingerprint density at radius 1 is 1.10 bits per heavy atom. The normalized spacial score (nSPS) is 11.2. The maximum absolute atomic E-state index is 12.2. The molecule has 110 valence electrons. The largest absolute Gasteiger partial charge is 0.573 e. The number of halogens is 3. The number of ether oxygens (including phenoxy) is 1. The van der Waals surface area contributed by atoms with E-state index in [1.165, 1.54) is 30.3 Å². The lowest BCUT2D eigenvalue weighted by Gasteiger charge is -2.11. The van der Waals surface area contributed by atoms with Gasteiger partial charge < -0.3 is 9.84 Å². The van der Waals surface area contributed by atoms with Crippen LogP contribution in [0.2, 0.25) is 0 Å². The van der Waals surface area contributed by atoms with E-state index in [4.69, 9.17) is 5.11 Å². The predicted molar refractivity (Wildman–Crippen MR) is 70.3 cm³/mol. The van der Waals surface area contributed by atoms with Crippen LogP contribution < -0.4 is 4.74 Å². The van der Waals surface area contributed by atoms with Crippen molar-refractivity contribution in [2.45, 2.75) is 13.3 Å². The molecular formula is C15H11F3O3. The van der Waals surface area contributed by atoms with E-state index in [0.29, 0.717) is 16.7 Å². The fourth-order valence-corrected chi connectivity index (χ4v) is 1.95. The van der Waals surface area contributed by atoms with Gasteiger partial charge >= 0.3 is 12.3 Å². The summed E-state index contributed by atoms with van der Waals surface area (Å²) >= 11 is 0. The number of hydrogen-bond donors (Lipinski definition) is 1. The van der Waals surface area contributed by atoms with Crippen LogP contribution in [0.5, 0.6) is 5.75 Å². The van der Waals surface area contributed by atoms with Crippen LogP contribution in [0.1, 0.15) is 15.9 Å². The molecule has 0 amide bonds. The number of hydrogen-bond acceptors (Lipinski definition) is 2. The SMILES string of the molecule is Cc1cc(C(=O)O)cc(-c2cccc(OC(F)(F)F)c2)c1. The second-order valence-corrected chi connectivity index (χ2v) is 4.47. The molecule has 0 saturated carbocycles. The third-order valence-electron chi connectivity index (χ3n) is 2.73. The number of carbonyl (C=O) groups is 1. The third-order valence-corrected chi connectivity index (χ3v) is 2.73. The monoisotopic (exact) mass is 296 g/mol. The van der Waals surface area contributed by atoms with Gasteiger partial charge in [-0.25, -0.2) is 4.79 Å². The van der Waals surface area contributed by atoms with Crippen molar-refractivity contribution in [2.24, 2.45) is 0 Å². The molecule has 0 spiro atoms. The van der Waals surface area contributed by atoms with E-state index in [9.17, 15) is 18.0 Å². The molecule has 0 aromatic heterocycles. The van der Waals surface area contributed by atoms with E-state index < -0.39 is 12.3 Å². The van der Waals surface area contributed by atoms with E-state index in [1.807, 2.05) is 0 Å². The van der Waals surface area contributed by atoms with Gasteiger partial charge in [0, 0.05) is 0 Å². The number of aromatic carboxylic acids is 1. The van der Waals surface area contributed by atoms with Gasteiger partial charge in [0.25, 0.3) is 0 Å². The number of alkyl halides is 3. The van der Waals surface area contributed by atoms with Gasteiger partial charge in [-0.2, -0.15) is 0 Å². The molecule has 6 heteroatoms. The summed E-state index contributed by atoms with van der Waals surface area (Å²) < 4.78 is 40.5. The van der Waals surface area contributed by atoms with Crippen molar-refractivity contribution in [3.63, 3.8) is 0 Å². The Kier molecular flexibility index (Phi) is 3.88. The van der Waals surface area contributed by atoms with Crippen LogP contribution in [0.3, 0.4) is 0 Å². The highest BCUT2D eigenvalue weighted by Crippen LogP contribution is 2.29. The van der Waals surface area contributed by atoms with Crippen LogP contribution in [0, 0.1) is 6.92 Å². The topological polar surface area (TPSA) is 46.5 Å². The summed E-state index contributed by atoms with van der Waals surface area (Å²) in [6.07, 6.45) is -4.77. The molecule has 21 heavy (non-hydrogen) atoms. The zero-order valence-electron chi connectivity index (χ0n) is 10.9. The summed E-state index contributed by atoms with van der Waals surface area (Å²) in [5.74, 6) is -1.44. The van der Waals surface area contributed by atoms with E-state index in [0.717, 1.165) is 0 Å². The van der Waals surface area contributed by atoms with Crippen LogP contribution in [-0.4, -0.2) is 17.4 Å². The van der Waals surface area contributed by atoms with Crippen LogP contribution in [0.15, 0.2) is 42.5 Å². The van der Waals surface area contributed by atoms with Crippen LogP contribution in [-0.2, 0) is 0 Å². The molecule has 2 rings (SSSR count). The highest BCUT2D eigenvalue weighted by Gasteiger charge is 2.31. The van der Waals surface area contributed by atoms with Gasteiger partial charge in [-0.1, -0.05) is 18.2 Å². The minimum Gasteiger partial charge on any atom is -0.478 e. The maximum atomic E-state index is 12.2. The van der Waals surface area contributed by atoms with Gasteiger partial charge in [-0.05, 0) is 47.9 Å². The fraction of sp³-hybridized carbons (Fsp3) is 0.133. The average molecular weight is 296 g/mol. The van der Waals surface area contributed by atoms with Gasteiger partial charge in [0.2, 0.25) is 0 Å². The molecule has 0 saturated heterocycles. The fourth-order valence-electron chi connectivity index (χ4n) is 1.95. The number of carboxylic acid groups (broad SMARTS) is 1. The van der Waals surface area contributed by atoms with Crippen molar-refractivity contribution >= 4 is 5.97 Å². The Hall–Kier alpha value is -2.50. The van der Waals surface area contributed by atoms with Gasteiger partial charge in [0.05, 0.1) is 5.56 Å². The van der Waals surface area contributed by atoms with Gasteiger partial charge in [-0.3, -0.25) is 0 Å². The lowest BCUT2D eigenvalue weighted by atomic mass is 10.00. The molecule has 0 atom stereocenters. The zero-order chi connectivity index (χ0) is 15.6. The smallest absolute Gasteiger partial charge is 0.478 e. The lowest BCUT2D eigenvalue weighted by Crippen LogP contribution is -2.17. The second-order valence-electron chi connectivity index (χ2n) is 4.47. The van der Waals surface area contributed by atoms with Crippen molar-refractivity contribution < 1.29 is 27.8 Å². The summed E-state index contributed by atoms with van der Waals surface area (Å²) in [6, 6.07) is 9.99. The number of aryl methyl sites for hydroxylation is 1. The minimum atomic E-state index is -4.77. The van der Waals surface area contributed by atoms with E-state index >= 15 is 0 Å². The highest BCUT2D eigenvalue weighted by molar-refractivity contribution is 5.89. The Balaban J connectivity index is 2.42. The molecule has 1 N–H and O–H groups in total. The summed E-state index contributed by atoms with van der Waals surface area (Å²) in [4.78, 5) is 11.0. The Labute approximate surface area is 118 Å². The first-order chi connectivity index (χ1) is 9.74. The Morgan fingerprint density at radius 3 is 2.43 bits per heavy atom. The van der Waals surface area contributed by atoms with Crippen molar-refractivity contribution in [3.05, 3.63) is 53.6 Å². The molecule has 2 aromatic rings. The first-order valence-electron chi connectivity index (χ1n) is 5.96. The van der Waals surface area contributed by atoms with Crippen molar-refractivity contribution in [2.75, 3.05) is 0 Å². The summed E-state index contributed by atoms with van der Waals surface area (Å²) in [7, 11) is 0. The van der Waals surface area contributed by atoms with Crippen LogP contribution in [0.4, 0.5) is 13.2 Å². The molecule has 0 heterocycles. The highest BCUT2D eigenvalue weighted by atomic mass is 19.4. The molecule has 0 radical (unpaired) electrons. The Bertz CT molecular complexity index is 678. The molecule has 0 aliphatic carbocycles. The first kappa shape index (κ1) is 14.9.